The summed E-state index contributed by atoms with van der Waals surface area (Å²) in [7, 11) is 0. The SMILES string of the molecule is CC(C)CC(=O)Nc1ccc(Cl)c(C(=O)NCCN2CCNCC2)c1.Cl. The molecule has 2 amide bonds. The first-order valence-electron chi connectivity index (χ1n) is 8.76. The minimum atomic E-state index is -0.222. The van der Waals surface area contributed by atoms with E-state index in [0.29, 0.717) is 29.2 Å². The molecule has 0 aromatic heterocycles. The van der Waals surface area contributed by atoms with Crippen molar-refractivity contribution in [2.75, 3.05) is 44.6 Å². The molecule has 0 spiro atoms. The van der Waals surface area contributed by atoms with Crippen LogP contribution in [-0.4, -0.2) is 56.0 Å². The molecule has 0 atom stereocenters. The van der Waals surface area contributed by atoms with Gasteiger partial charge in [0.2, 0.25) is 5.91 Å². The second-order valence-electron chi connectivity index (χ2n) is 6.69. The van der Waals surface area contributed by atoms with Crippen LogP contribution in [0.15, 0.2) is 18.2 Å². The zero-order chi connectivity index (χ0) is 18.2. The van der Waals surface area contributed by atoms with E-state index in [2.05, 4.69) is 20.9 Å². The Balaban J connectivity index is 0.00000338. The Hall–Kier alpha value is -1.34. The first-order valence-corrected chi connectivity index (χ1v) is 9.14. The average Bonchev–Trinajstić information content (AvgIpc) is 2.56. The summed E-state index contributed by atoms with van der Waals surface area (Å²) in [4.78, 5) is 26.6. The number of rotatable bonds is 7. The first kappa shape index (κ1) is 22.7. The van der Waals surface area contributed by atoms with Crippen LogP contribution >= 0.6 is 24.0 Å². The monoisotopic (exact) mass is 402 g/mol. The van der Waals surface area contributed by atoms with Gasteiger partial charge in [-0.05, 0) is 24.1 Å². The van der Waals surface area contributed by atoms with Crippen LogP contribution in [0.1, 0.15) is 30.6 Å². The predicted octanol–water partition coefficient (Wildman–Crippen LogP) is 2.38. The molecular weight excluding hydrogens is 375 g/mol. The maximum atomic E-state index is 12.4. The number of nitrogens with zero attached hydrogens (tertiary/aromatic N) is 1. The van der Waals surface area contributed by atoms with Gasteiger partial charge in [0, 0.05) is 51.4 Å². The van der Waals surface area contributed by atoms with Gasteiger partial charge in [0.25, 0.3) is 5.91 Å². The predicted molar refractivity (Wildman–Crippen MR) is 108 cm³/mol. The van der Waals surface area contributed by atoms with Gasteiger partial charge in [-0.1, -0.05) is 25.4 Å². The summed E-state index contributed by atoms with van der Waals surface area (Å²) >= 11 is 6.15. The zero-order valence-electron chi connectivity index (χ0n) is 15.3. The van der Waals surface area contributed by atoms with Crippen LogP contribution in [0.25, 0.3) is 0 Å². The summed E-state index contributed by atoms with van der Waals surface area (Å²) in [5.74, 6) is -0.0115. The normalized spacial score (nSPS) is 14.6. The van der Waals surface area contributed by atoms with Crippen molar-refractivity contribution in [3.05, 3.63) is 28.8 Å². The van der Waals surface area contributed by atoms with E-state index in [1.807, 2.05) is 13.8 Å². The Labute approximate surface area is 166 Å². The number of amides is 2. The number of nitrogens with one attached hydrogen (secondary N) is 3. The number of hydrogen-bond donors (Lipinski definition) is 3. The third-order valence-electron chi connectivity index (χ3n) is 4.01. The molecule has 2 rings (SSSR count). The third kappa shape index (κ3) is 7.50. The van der Waals surface area contributed by atoms with Crippen LogP contribution in [-0.2, 0) is 4.79 Å². The lowest BCUT2D eigenvalue weighted by Crippen LogP contribution is -2.46. The van der Waals surface area contributed by atoms with E-state index in [1.165, 1.54) is 0 Å². The molecular formula is C18H28Cl2N4O2. The molecule has 8 heteroatoms. The van der Waals surface area contributed by atoms with Crippen LogP contribution in [0.4, 0.5) is 5.69 Å². The maximum absolute atomic E-state index is 12.4. The lowest BCUT2D eigenvalue weighted by molar-refractivity contribution is -0.116. The van der Waals surface area contributed by atoms with Crippen LogP contribution in [0.3, 0.4) is 0 Å². The Kier molecular flexibility index (Phi) is 9.94. The highest BCUT2D eigenvalue weighted by Crippen LogP contribution is 2.21. The van der Waals surface area contributed by atoms with Crippen molar-refractivity contribution in [2.45, 2.75) is 20.3 Å². The lowest BCUT2D eigenvalue weighted by Gasteiger charge is -2.27. The van der Waals surface area contributed by atoms with Crippen molar-refractivity contribution in [3.63, 3.8) is 0 Å². The lowest BCUT2D eigenvalue weighted by atomic mass is 10.1. The highest BCUT2D eigenvalue weighted by molar-refractivity contribution is 6.34. The highest BCUT2D eigenvalue weighted by atomic mass is 35.5. The van der Waals surface area contributed by atoms with Gasteiger partial charge in [0.15, 0.2) is 0 Å². The van der Waals surface area contributed by atoms with E-state index in [0.717, 1.165) is 32.7 Å². The van der Waals surface area contributed by atoms with Crippen molar-refractivity contribution in [1.82, 2.24) is 15.5 Å². The van der Waals surface area contributed by atoms with Crippen LogP contribution in [0.2, 0.25) is 5.02 Å². The summed E-state index contributed by atoms with van der Waals surface area (Å²) in [6.45, 7) is 9.31. The number of carbonyl (C=O) groups is 2. The number of anilines is 1. The molecule has 146 valence electrons. The van der Waals surface area contributed by atoms with Crippen LogP contribution in [0.5, 0.6) is 0 Å². The van der Waals surface area contributed by atoms with Crippen LogP contribution in [0, 0.1) is 5.92 Å². The molecule has 26 heavy (non-hydrogen) atoms. The molecule has 3 N–H and O–H groups in total. The fourth-order valence-electron chi connectivity index (χ4n) is 2.72. The Morgan fingerprint density at radius 1 is 1.27 bits per heavy atom. The zero-order valence-corrected chi connectivity index (χ0v) is 16.9. The molecule has 1 aliphatic heterocycles. The average molecular weight is 403 g/mol. The van der Waals surface area contributed by atoms with Gasteiger partial charge in [-0.15, -0.1) is 12.4 Å². The van der Waals surface area contributed by atoms with Gasteiger partial charge in [-0.25, -0.2) is 0 Å². The molecule has 1 heterocycles. The minimum absolute atomic E-state index is 0. The van der Waals surface area contributed by atoms with E-state index < -0.39 is 0 Å². The van der Waals surface area contributed by atoms with E-state index in [-0.39, 0.29) is 30.1 Å². The largest absolute Gasteiger partial charge is 0.351 e. The van der Waals surface area contributed by atoms with E-state index in [4.69, 9.17) is 11.6 Å². The minimum Gasteiger partial charge on any atom is -0.351 e. The van der Waals surface area contributed by atoms with E-state index in [9.17, 15) is 9.59 Å². The summed E-state index contributed by atoms with van der Waals surface area (Å²) in [6.07, 6.45) is 0.439. The van der Waals surface area contributed by atoms with Crippen molar-refractivity contribution in [1.29, 1.82) is 0 Å². The second kappa shape index (κ2) is 11.4. The molecule has 1 saturated heterocycles. The third-order valence-corrected chi connectivity index (χ3v) is 4.34. The van der Waals surface area contributed by atoms with Gasteiger partial charge in [0.1, 0.15) is 0 Å². The summed E-state index contributed by atoms with van der Waals surface area (Å²) in [5.41, 5.74) is 0.964. The maximum Gasteiger partial charge on any atom is 0.252 e. The molecule has 0 saturated carbocycles. The Bertz CT molecular complexity index is 605. The van der Waals surface area contributed by atoms with Gasteiger partial charge >= 0.3 is 0 Å². The number of halogens is 2. The molecule has 1 aromatic carbocycles. The Morgan fingerprint density at radius 2 is 1.96 bits per heavy atom. The molecule has 0 radical (unpaired) electrons. The number of carbonyl (C=O) groups excluding carboxylic acids is 2. The number of piperazine rings is 1. The Morgan fingerprint density at radius 3 is 2.62 bits per heavy atom. The number of hydrogen-bond acceptors (Lipinski definition) is 4. The molecule has 1 fully saturated rings. The van der Waals surface area contributed by atoms with Crippen molar-refractivity contribution >= 4 is 41.5 Å². The topological polar surface area (TPSA) is 73.5 Å². The van der Waals surface area contributed by atoms with Crippen molar-refractivity contribution in [2.24, 2.45) is 5.92 Å². The first-order chi connectivity index (χ1) is 12.0. The van der Waals surface area contributed by atoms with Crippen LogP contribution < -0.4 is 16.0 Å². The van der Waals surface area contributed by atoms with E-state index in [1.54, 1.807) is 18.2 Å². The highest BCUT2D eigenvalue weighted by Gasteiger charge is 2.14. The van der Waals surface area contributed by atoms with Gasteiger partial charge in [0.05, 0.1) is 10.6 Å². The molecule has 0 aliphatic carbocycles. The molecule has 0 bridgehead atoms. The van der Waals surface area contributed by atoms with Crippen molar-refractivity contribution < 1.29 is 9.59 Å². The second-order valence-corrected chi connectivity index (χ2v) is 7.10. The summed E-state index contributed by atoms with van der Waals surface area (Å²) < 4.78 is 0. The fourth-order valence-corrected chi connectivity index (χ4v) is 2.92. The standard InChI is InChI=1S/C18H27ClN4O2.ClH/c1-13(2)11-17(24)22-14-3-4-16(19)15(12-14)18(25)21-7-10-23-8-5-20-6-9-23;/h3-4,12-13,20H,5-11H2,1-2H3,(H,21,25)(H,22,24);1H. The fraction of sp³-hybridized carbons (Fsp3) is 0.556. The van der Waals surface area contributed by atoms with Gasteiger partial charge in [-0.2, -0.15) is 0 Å². The summed E-state index contributed by atoms with van der Waals surface area (Å²) in [5, 5.41) is 9.39. The molecule has 0 unspecified atom stereocenters. The quantitative estimate of drug-likeness (QED) is 0.654. The van der Waals surface area contributed by atoms with E-state index >= 15 is 0 Å². The van der Waals surface area contributed by atoms with Gasteiger partial charge in [-0.3, -0.25) is 14.5 Å². The number of benzene rings is 1. The van der Waals surface area contributed by atoms with Gasteiger partial charge < -0.3 is 16.0 Å². The molecule has 1 aromatic rings. The van der Waals surface area contributed by atoms with Crippen molar-refractivity contribution in [3.8, 4) is 0 Å². The molecule has 1 aliphatic rings. The molecule has 6 nitrogen and oxygen atoms in total. The smallest absolute Gasteiger partial charge is 0.252 e. The summed E-state index contributed by atoms with van der Waals surface area (Å²) in [6, 6.07) is 4.97.